The van der Waals surface area contributed by atoms with Crippen molar-refractivity contribution in [2.75, 3.05) is 0 Å². The third-order valence-electron chi connectivity index (χ3n) is 3.82. The van der Waals surface area contributed by atoms with E-state index in [4.69, 9.17) is 0 Å². The van der Waals surface area contributed by atoms with Gasteiger partial charge in [0.1, 0.15) is 0 Å². The molecule has 156 valence electrons. The number of rotatable bonds is 4. The van der Waals surface area contributed by atoms with Gasteiger partial charge in [-0.15, -0.1) is 35.5 Å². The molecule has 0 heterocycles. The zero-order valence-corrected chi connectivity index (χ0v) is 19.2. The summed E-state index contributed by atoms with van der Waals surface area (Å²) in [5.41, 5.74) is 3.25. The number of hydrogen-bond acceptors (Lipinski definition) is 6. The summed E-state index contributed by atoms with van der Waals surface area (Å²) in [5.74, 6) is 0. The van der Waals surface area contributed by atoms with Crippen LogP contribution in [0.3, 0.4) is 0 Å². The predicted molar refractivity (Wildman–Crippen MR) is 129 cm³/mol. The average molecular weight is 487 g/mol. The van der Waals surface area contributed by atoms with Crippen molar-refractivity contribution < 1.29 is 16.5 Å². The van der Waals surface area contributed by atoms with Crippen molar-refractivity contribution in [3.63, 3.8) is 0 Å². The molecule has 0 fully saturated rings. The van der Waals surface area contributed by atoms with Gasteiger partial charge in [-0.25, -0.2) is 0 Å². The Labute approximate surface area is 203 Å². The Morgan fingerprint density at radius 2 is 0.710 bits per heavy atom. The van der Waals surface area contributed by atoms with Crippen LogP contribution in [-0.2, 0) is 16.5 Å². The van der Waals surface area contributed by atoms with Crippen molar-refractivity contribution in [1.82, 2.24) is 0 Å². The van der Waals surface area contributed by atoms with E-state index in [2.05, 4.69) is 45.7 Å². The Balaban J connectivity index is 0.000000213. The van der Waals surface area contributed by atoms with Gasteiger partial charge in [-0.2, -0.15) is 10.2 Å². The third-order valence-corrected chi connectivity index (χ3v) is 4.58. The maximum absolute atomic E-state index is 4.29. The van der Waals surface area contributed by atoms with Crippen LogP contribution in [-0.4, -0.2) is 0 Å². The summed E-state index contributed by atoms with van der Waals surface area (Å²) >= 11 is 8.58. The van der Waals surface area contributed by atoms with Gasteiger partial charge in [-0.05, 0) is 48.5 Å². The summed E-state index contributed by atoms with van der Waals surface area (Å²) in [4.78, 5) is 1.66. The maximum atomic E-state index is 4.29. The Kier molecular flexibility index (Phi) is 10.7. The number of thiol groups is 2. The van der Waals surface area contributed by atoms with Gasteiger partial charge in [0.05, 0.1) is 22.7 Å². The molecule has 0 aliphatic rings. The SMILES string of the molecule is Sc1ccccc1N=Nc1ccccc1.Sc1ccccc1N=Nc1ccccc1.[Ni+2]. The van der Waals surface area contributed by atoms with E-state index >= 15 is 0 Å². The molecule has 0 unspecified atom stereocenters. The van der Waals surface area contributed by atoms with Gasteiger partial charge < -0.3 is 0 Å². The van der Waals surface area contributed by atoms with Gasteiger partial charge in [-0.3, -0.25) is 0 Å². The quantitative estimate of drug-likeness (QED) is 0.164. The minimum Gasteiger partial charge on any atom is -0.151 e. The van der Waals surface area contributed by atoms with Crippen molar-refractivity contribution in [2.45, 2.75) is 9.79 Å². The molecule has 7 heteroatoms. The average Bonchev–Trinajstić information content (AvgIpc) is 2.80. The third kappa shape index (κ3) is 8.50. The van der Waals surface area contributed by atoms with E-state index in [0.717, 1.165) is 32.5 Å². The molecule has 4 rings (SSSR count). The van der Waals surface area contributed by atoms with Gasteiger partial charge in [-0.1, -0.05) is 60.7 Å². The van der Waals surface area contributed by atoms with Crippen molar-refractivity contribution in [1.29, 1.82) is 0 Å². The molecule has 0 aliphatic heterocycles. The maximum Gasteiger partial charge on any atom is 2.00 e. The molecule has 0 radical (unpaired) electrons. The molecule has 0 saturated heterocycles. The molecule has 0 saturated carbocycles. The minimum atomic E-state index is 0. The van der Waals surface area contributed by atoms with Crippen LogP contribution >= 0.6 is 25.3 Å². The second kappa shape index (κ2) is 13.6. The summed E-state index contributed by atoms with van der Waals surface area (Å²) in [6.45, 7) is 0. The molecule has 0 aromatic heterocycles. The van der Waals surface area contributed by atoms with Gasteiger partial charge in [0.2, 0.25) is 0 Å². The molecule has 0 amide bonds. The monoisotopic (exact) mass is 486 g/mol. The summed E-state index contributed by atoms with van der Waals surface area (Å²) in [6.07, 6.45) is 0. The van der Waals surface area contributed by atoms with Gasteiger partial charge in [0.15, 0.2) is 0 Å². The zero-order chi connectivity index (χ0) is 21.0. The van der Waals surface area contributed by atoms with Gasteiger partial charge >= 0.3 is 16.5 Å². The van der Waals surface area contributed by atoms with Crippen molar-refractivity contribution in [3.05, 3.63) is 109 Å². The van der Waals surface area contributed by atoms with Crippen LogP contribution < -0.4 is 0 Å². The second-order valence-electron chi connectivity index (χ2n) is 6.05. The smallest absolute Gasteiger partial charge is 0.151 e. The summed E-state index contributed by atoms with van der Waals surface area (Å²) in [6, 6.07) is 34.5. The number of nitrogens with zero attached hydrogens (tertiary/aromatic N) is 4. The second-order valence-corrected chi connectivity index (χ2v) is 7.01. The molecular formula is C24H20N4NiS2+2. The topological polar surface area (TPSA) is 49.4 Å². The van der Waals surface area contributed by atoms with Crippen LogP contribution in [0.5, 0.6) is 0 Å². The minimum absolute atomic E-state index is 0. The first-order valence-corrected chi connectivity index (χ1v) is 10.1. The molecular weight excluding hydrogens is 467 g/mol. The molecule has 0 N–H and O–H groups in total. The van der Waals surface area contributed by atoms with Crippen LogP contribution in [0.4, 0.5) is 22.7 Å². The Morgan fingerprint density at radius 1 is 0.387 bits per heavy atom. The first kappa shape index (κ1) is 24.5. The van der Waals surface area contributed by atoms with E-state index in [1.54, 1.807) is 0 Å². The van der Waals surface area contributed by atoms with Crippen LogP contribution in [0.15, 0.2) is 139 Å². The first-order chi connectivity index (χ1) is 14.7. The summed E-state index contributed by atoms with van der Waals surface area (Å²) < 4.78 is 0. The molecule has 0 atom stereocenters. The van der Waals surface area contributed by atoms with E-state index in [-0.39, 0.29) is 16.5 Å². The zero-order valence-electron chi connectivity index (χ0n) is 16.4. The fraction of sp³-hybridized carbons (Fsp3) is 0. The van der Waals surface area contributed by atoms with Crippen molar-refractivity contribution in [3.8, 4) is 0 Å². The van der Waals surface area contributed by atoms with Crippen LogP contribution in [0, 0.1) is 0 Å². The number of hydrogen-bond donors (Lipinski definition) is 2. The molecule has 4 aromatic rings. The largest absolute Gasteiger partial charge is 2.00 e. The van der Waals surface area contributed by atoms with Crippen molar-refractivity contribution >= 4 is 48.0 Å². The van der Waals surface area contributed by atoms with Gasteiger partial charge in [0.25, 0.3) is 0 Å². The van der Waals surface area contributed by atoms with E-state index in [9.17, 15) is 0 Å². The van der Waals surface area contributed by atoms with Crippen LogP contribution in [0.25, 0.3) is 0 Å². The Hall–Kier alpha value is -2.73. The van der Waals surface area contributed by atoms with Crippen LogP contribution in [0.2, 0.25) is 0 Å². The van der Waals surface area contributed by atoms with E-state index in [1.807, 2.05) is 109 Å². The Morgan fingerprint density at radius 3 is 1.06 bits per heavy atom. The summed E-state index contributed by atoms with van der Waals surface area (Å²) in [5, 5.41) is 16.5. The van der Waals surface area contributed by atoms with E-state index in [0.29, 0.717) is 0 Å². The number of benzene rings is 4. The molecule has 4 nitrogen and oxygen atoms in total. The standard InChI is InChI=1S/2C12H10N2S.Ni/c2*15-12-9-5-4-8-11(12)14-13-10-6-2-1-3-7-10;/h2*1-9,15H;/q;;+2. The van der Waals surface area contributed by atoms with Crippen molar-refractivity contribution in [2.24, 2.45) is 20.5 Å². The summed E-state index contributed by atoms with van der Waals surface area (Å²) in [7, 11) is 0. The molecule has 0 bridgehead atoms. The number of azo groups is 2. The molecule has 31 heavy (non-hydrogen) atoms. The molecule has 4 aromatic carbocycles. The Bertz CT molecular complexity index is 1030. The van der Waals surface area contributed by atoms with Gasteiger partial charge in [0, 0.05) is 9.79 Å². The molecule has 0 spiro atoms. The molecule has 0 aliphatic carbocycles. The fourth-order valence-corrected chi connectivity index (χ4v) is 2.72. The first-order valence-electron chi connectivity index (χ1n) is 9.22. The predicted octanol–water partition coefficient (Wildman–Crippen LogP) is 8.78. The van der Waals surface area contributed by atoms with Crippen LogP contribution in [0.1, 0.15) is 0 Å². The van der Waals surface area contributed by atoms with E-state index < -0.39 is 0 Å². The fourth-order valence-electron chi connectivity index (χ4n) is 2.31. The normalized spacial score (nSPS) is 10.4. The van der Waals surface area contributed by atoms with E-state index in [1.165, 1.54) is 0 Å².